The van der Waals surface area contributed by atoms with Crippen LogP contribution in [0.25, 0.3) is 0 Å². The van der Waals surface area contributed by atoms with Crippen molar-refractivity contribution in [2.24, 2.45) is 0 Å². The zero-order valence-electron chi connectivity index (χ0n) is 11.2. The van der Waals surface area contributed by atoms with Gasteiger partial charge in [0.2, 0.25) is 0 Å². The number of benzene rings is 2. The van der Waals surface area contributed by atoms with Gasteiger partial charge in [-0.05, 0) is 42.5 Å². The zero-order valence-corrected chi connectivity index (χ0v) is 12.0. The minimum atomic E-state index is -0.396. The lowest BCUT2D eigenvalue weighted by atomic mass is 10.1. The lowest BCUT2D eigenvalue weighted by Gasteiger charge is -2.11. The molecular formula is C16H18O2S. The predicted molar refractivity (Wildman–Crippen MR) is 80.0 cm³/mol. The third kappa shape index (κ3) is 3.52. The number of aliphatic hydroxyl groups excluding tert-OH is 1. The monoisotopic (exact) mass is 274 g/mol. The van der Waals surface area contributed by atoms with Gasteiger partial charge in [0.05, 0.1) is 6.10 Å². The van der Waals surface area contributed by atoms with Crippen LogP contribution in [0.5, 0.6) is 11.5 Å². The Morgan fingerprint density at radius 1 is 1.11 bits per heavy atom. The van der Waals surface area contributed by atoms with E-state index in [0.29, 0.717) is 0 Å². The molecule has 19 heavy (non-hydrogen) atoms. The standard InChI is InChI=1S/C16H18O2S/c1-3-14(17)12-8-10-13(11-9-12)18-15-6-4-5-7-16(15)19-2/h4-11,14,17H,3H2,1-2H3/t14-/m0/s1. The highest BCUT2D eigenvalue weighted by Crippen LogP contribution is 2.31. The Bertz CT molecular complexity index is 523. The van der Waals surface area contributed by atoms with E-state index in [9.17, 15) is 5.11 Å². The van der Waals surface area contributed by atoms with Crippen LogP contribution in [-0.4, -0.2) is 11.4 Å². The van der Waals surface area contributed by atoms with Crippen molar-refractivity contribution in [3.63, 3.8) is 0 Å². The van der Waals surface area contributed by atoms with Crippen LogP contribution >= 0.6 is 11.8 Å². The predicted octanol–water partition coefficient (Wildman–Crippen LogP) is 4.64. The first-order chi connectivity index (χ1) is 9.24. The van der Waals surface area contributed by atoms with Crippen LogP contribution in [0.4, 0.5) is 0 Å². The molecule has 0 heterocycles. The molecule has 1 atom stereocenters. The van der Waals surface area contributed by atoms with Gasteiger partial charge in [-0.2, -0.15) is 0 Å². The molecule has 0 unspecified atom stereocenters. The van der Waals surface area contributed by atoms with Gasteiger partial charge in [0.1, 0.15) is 11.5 Å². The van der Waals surface area contributed by atoms with Crippen LogP contribution in [-0.2, 0) is 0 Å². The van der Waals surface area contributed by atoms with Crippen LogP contribution < -0.4 is 4.74 Å². The van der Waals surface area contributed by atoms with E-state index in [4.69, 9.17) is 4.74 Å². The molecule has 0 amide bonds. The topological polar surface area (TPSA) is 29.5 Å². The molecule has 0 radical (unpaired) electrons. The molecule has 0 aliphatic rings. The molecule has 3 heteroatoms. The van der Waals surface area contributed by atoms with E-state index in [1.165, 1.54) is 0 Å². The maximum atomic E-state index is 9.75. The summed E-state index contributed by atoms with van der Waals surface area (Å²) in [6.07, 6.45) is 2.35. The van der Waals surface area contributed by atoms with Gasteiger partial charge in [-0.3, -0.25) is 0 Å². The van der Waals surface area contributed by atoms with E-state index in [0.717, 1.165) is 28.4 Å². The Balaban J connectivity index is 2.15. The third-order valence-corrected chi connectivity index (χ3v) is 3.73. The summed E-state index contributed by atoms with van der Waals surface area (Å²) >= 11 is 1.66. The first kappa shape index (κ1) is 14.0. The highest BCUT2D eigenvalue weighted by molar-refractivity contribution is 7.98. The fourth-order valence-electron chi connectivity index (χ4n) is 1.82. The van der Waals surface area contributed by atoms with Crippen molar-refractivity contribution in [3.8, 4) is 11.5 Å². The Labute approximate surface area is 118 Å². The molecule has 1 N–H and O–H groups in total. The van der Waals surface area contributed by atoms with Crippen LogP contribution in [0.3, 0.4) is 0 Å². The van der Waals surface area contributed by atoms with Gasteiger partial charge >= 0.3 is 0 Å². The molecule has 0 fully saturated rings. The highest BCUT2D eigenvalue weighted by atomic mass is 32.2. The largest absolute Gasteiger partial charge is 0.456 e. The van der Waals surface area contributed by atoms with Gasteiger partial charge in [0.25, 0.3) is 0 Å². The van der Waals surface area contributed by atoms with E-state index in [-0.39, 0.29) is 0 Å². The molecule has 0 bridgehead atoms. The van der Waals surface area contributed by atoms with E-state index in [1.807, 2.05) is 61.7 Å². The molecule has 0 saturated carbocycles. The van der Waals surface area contributed by atoms with Gasteiger partial charge in [-0.15, -0.1) is 11.8 Å². The maximum Gasteiger partial charge on any atom is 0.140 e. The summed E-state index contributed by atoms with van der Waals surface area (Å²) in [4.78, 5) is 1.11. The Kier molecular flexibility index (Phi) is 4.88. The van der Waals surface area contributed by atoms with E-state index < -0.39 is 6.10 Å². The lowest BCUT2D eigenvalue weighted by molar-refractivity contribution is 0.173. The number of para-hydroxylation sites is 1. The lowest BCUT2D eigenvalue weighted by Crippen LogP contribution is -1.94. The molecule has 2 rings (SSSR count). The number of aliphatic hydroxyl groups is 1. The average Bonchev–Trinajstić information content (AvgIpc) is 2.48. The SMILES string of the molecule is CC[C@H](O)c1ccc(Oc2ccccc2SC)cc1. The number of hydrogen-bond acceptors (Lipinski definition) is 3. The fourth-order valence-corrected chi connectivity index (χ4v) is 2.35. The normalized spacial score (nSPS) is 12.2. The maximum absolute atomic E-state index is 9.75. The molecule has 2 aromatic rings. The van der Waals surface area contributed by atoms with Crippen molar-refractivity contribution in [1.82, 2.24) is 0 Å². The third-order valence-electron chi connectivity index (χ3n) is 2.95. The highest BCUT2D eigenvalue weighted by Gasteiger charge is 2.06. The van der Waals surface area contributed by atoms with Crippen molar-refractivity contribution in [2.45, 2.75) is 24.3 Å². The summed E-state index contributed by atoms with van der Waals surface area (Å²) in [6, 6.07) is 15.6. The van der Waals surface area contributed by atoms with E-state index in [2.05, 4.69) is 0 Å². The molecule has 100 valence electrons. The summed E-state index contributed by atoms with van der Waals surface area (Å²) in [6.45, 7) is 1.96. The molecule has 2 aromatic carbocycles. The average molecular weight is 274 g/mol. The minimum Gasteiger partial charge on any atom is -0.456 e. The second-order valence-corrected chi connectivity index (χ2v) is 5.09. The number of ether oxygens (including phenoxy) is 1. The van der Waals surface area contributed by atoms with E-state index >= 15 is 0 Å². The van der Waals surface area contributed by atoms with Crippen molar-refractivity contribution in [2.75, 3.05) is 6.26 Å². The summed E-state index contributed by atoms with van der Waals surface area (Å²) in [7, 11) is 0. The number of rotatable bonds is 5. The van der Waals surface area contributed by atoms with Crippen LogP contribution in [0.1, 0.15) is 25.0 Å². The molecule has 0 aliphatic carbocycles. The Morgan fingerprint density at radius 3 is 2.42 bits per heavy atom. The molecule has 2 nitrogen and oxygen atoms in total. The first-order valence-corrected chi connectivity index (χ1v) is 7.56. The van der Waals surface area contributed by atoms with Gasteiger partial charge in [0, 0.05) is 4.90 Å². The fraction of sp³-hybridized carbons (Fsp3) is 0.250. The van der Waals surface area contributed by atoms with Gasteiger partial charge in [-0.1, -0.05) is 31.2 Å². The molecule has 0 saturated heterocycles. The zero-order chi connectivity index (χ0) is 13.7. The van der Waals surface area contributed by atoms with Crippen LogP contribution in [0.2, 0.25) is 0 Å². The van der Waals surface area contributed by atoms with Gasteiger partial charge < -0.3 is 9.84 Å². The molecule has 0 aliphatic heterocycles. The van der Waals surface area contributed by atoms with Crippen molar-refractivity contribution in [1.29, 1.82) is 0 Å². The first-order valence-electron chi connectivity index (χ1n) is 6.33. The molecule has 0 aromatic heterocycles. The Morgan fingerprint density at radius 2 is 1.79 bits per heavy atom. The summed E-state index contributed by atoms with van der Waals surface area (Å²) in [5.41, 5.74) is 0.924. The van der Waals surface area contributed by atoms with Crippen molar-refractivity contribution in [3.05, 3.63) is 54.1 Å². The second kappa shape index (κ2) is 6.64. The molecular weight excluding hydrogens is 256 g/mol. The number of thioether (sulfide) groups is 1. The van der Waals surface area contributed by atoms with Crippen molar-refractivity contribution >= 4 is 11.8 Å². The summed E-state index contributed by atoms with van der Waals surface area (Å²) in [5, 5.41) is 9.75. The Hall–Kier alpha value is -1.45. The van der Waals surface area contributed by atoms with E-state index in [1.54, 1.807) is 11.8 Å². The smallest absolute Gasteiger partial charge is 0.140 e. The number of hydrogen-bond donors (Lipinski definition) is 1. The van der Waals surface area contributed by atoms with Gasteiger partial charge in [-0.25, -0.2) is 0 Å². The summed E-state index contributed by atoms with van der Waals surface area (Å²) in [5.74, 6) is 1.65. The van der Waals surface area contributed by atoms with Crippen LogP contribution in [0.15, 0.2) is 53.4 Å². The van der Waals surface area contributed by atoms with Crippen LogP contribution in [0, 0.1) is 0 Å². The molecule has 0 spiro atoms. The quantitative estimate of drug-likeness (QED) is 0.805. The summed E-state index contributed by atoms with van der Waals surface area (Å²) < 4.78 is 5.87. The van der Waals surface area contributed by atoms with Crippen molar-refractivity contribution < 1.29 is 9.84 Å². The van der Waals surface area contributed by atoms with Gasteiger partial charge in [0.15, 0.2) is 0 Å². The second-order valence-electron chi connectivity index (χ2n) is 4.25. The minimum absolute atomic E-state index is 0.396.